The molecule has 2 amide bonds. The van der Waals surface area contributed by atoms with Gasteiger partial charge >= 0.3 is 0 Å². The number of carbonyl (C=O) groups excluding carboxylic acids is 2. The predicted octanol–water partition coefficient (Wildman–Crippen LogP) is 0.857. The van der Waals surface area contributed by atoms with Gasteiger partial charge in [0.25, 0.3) is 0 Å². The van der Waals surface area contributed by atoms with Crippen molar-refractivity contribution in [3.05, 3.63) is 29.3 Å². The van der Waals surface area contributed by atoms with Crippen LogP contribution in [0.5, 0.6) is 0 Å². The minimum Gasteiger partial charge on any atom is -0.368 e. The first-order chi connectivity index (χ1) is 11.6. The van der Waals surface area contributed by atoms with Crippen LogP contribution in [0.3, 0.4) is 0 Å². The van der Waals surface area contributed by atoms with Crippen molar-refractivity contribution in [1.82, 2.24) is 15.5 Å². The van der Waals surface area contributed by atoms with Crippen molar-refractivity contribution < 1.29 is 9.59 Å². The van der Waals surface area contributed by atoms with E-state index in [1.54, 1.807) is 0 Å². The summed E-state index contributed by atoms with van der Waals surface area (Å²) in [5.74, 6) is -0.0921. The van der Waals surface area contributed by atoms with Crippen LogP contribution in [-0.2, 0) is 9.59 Å². The van der Waals surface area contributed by atoms with Crippen molar-refractivity contribution >= 4 is 29.1 Å². The lowest BCUT2D eigenvalue weighted by atomic mass is 10.2. The molecule has 6 nitrogen and oxygen atoms in total. The predicted molar refractivity (Wildman–Crippen MR) is 94.3 cm³/mol. The molecule has 1 aromatic carbocycles. The van der Waals surface area contributed by atoms with Crippen LogP contribution in [0, 0.1) is 0 Å². The number of anilines is 1. The fourth-order valence-electron chi connectivity index (χ4n) is 3.19. The van der Waals surface area contributed by atoms with Crippen molar-refractivity contribution in [2.75, 3.05) is 44.2 Å². The van der Waals surface area contributed by atoms with Crippen molar-refractivity contribution in [2.45, 2.75) is 18.9 Å². The zero-order valence-corrected chi connectivity index (χ0v) is 14.4. The molecule has 130 valence electrons. The second-order valence-corrected chi connectivity index (χ2v) is 6.65. The summed E-state index contributed by atoms with van der Waals surface area (Å²) in [6.07, 6.45) is 1.86. The van der Waals surface area contributed by atoms with Crippen LogP contribution in [-0.4, -0.2) is 62.0 Å². The average Bonchev–Trinajstić information content (AvgIpc) is 3.14. The van der Waals surface area contributed by atoms with Gasteiger partial charge in [-0.05, 0) is 37.6 Å². The molecular weight excluding hydrogens is 328 g/mol. The van der Waals surface area contributed by atoms with E-state index in [9.17, 15) is 9.59 Å². The lowest BCUT2D eigenvalue weighted by Gasteiger charge is -2.36. The molecule has 2 fully saturated rings. The monoisotopic (exact) mass is 350 g/mol. The molecule has 0 aromatic heterocycles. The third-order valence-corrected chi connectivity index (χ3v) is 4.83. The van der Waals surface area contributed by atoms with Gasteiger partial charge in [-0.15, -0.1) is 0 Å². The number of amides is 2. The molecule has 7 heteroatoms. The topological polar surface area (TPSA) is 64.7 Å². The number of hydrogen-bond donors (Lipinski definition) is 2. The highest BCUT2D eigenvalue weighted by Crippen LogP contribution is 2.20. The molecule has 2 aliphatic heterocycles. The first-order valence-corrected chi connectivity index (χ1v) is 8.80. The third-order valence-electron chi connectivity index (χ3n) is 4.60. The Morgan fingerprint density at radius 3 is 2.71 bits per heavy atom. The standard InChI is InChI=1S/C17H23ClN4O2/c18-13-3-1-4-14(11-13)21-7-9-22(10-8-21)16(23)12-20-17(24)15-5-2-6-19-15/h1,3-4,11,15,19H,2,5-10,12H2,(H,20,24). The van der Waals surface area contributed by atoms with Crippen LogP contribution in [0.2, 0.25) is 5.02 Å². The number of nitrogens with zero attached hydrogens (tertiary/aromatic N) is 2. The van der Waals surface area contributed by atoms with Gasteiger partial charge < -0.3 is 20.4 Å². The summed E-state index contributed by atoms with van der Waals surface area (Å²) in [5, 5.41) is 6.60. The van der Waals surface area contributed by atoms with Crippen molar-refractivity contribution in [3.63, 3.8) is 0 Å². The summed E-state index contributed by atoms with van der Waals surface area (Å²) in [7, 11) is 0. The Hall–Kier alpha value is -1.79. The number of piperazine rings is 1. The minimum atomic E-state index is -0.141. The number of carbonyl (C=O) groups is 2. The Balaban J connectivity index is 1.44. The highest BCUT2D eigenvalue weighted by molar-refractivity contribution is 6.30. The second kappa shape index (κ2) is 7.85. The fourth-order valence-corrected chi connectivity index (χ4v) is 3.38. The molecule has 0 spiro atoms. The SMILES string of the molecule is O=C(NCC(=O)N1CCN(c2cccc(Cl)c2)CC1)C1CCCN1. The molecule has 0 saturated carbocycles. The molecule has 2 aliphatic rings. The first-order valence-electron chi connectivity index (χ1n) is 8.43. The van der Waals surface area contributed by atoms with Crippen LogP contribution in [0.25, 0.3) is 0 Å². The van der Waals surface area contributed by atoms with Gasteiger partial charge in [0.05, 0.1) is 12.6 Å². The van der Waals surface area contributed by atoms with E-state index in [0.717, 1.165) is 38.2 Å². The number of halogens is 1. The van der Waals surface area contributed by atoms with Crippen LogP contribution < -0.4 is 15.5 Å². The summed E-state index contributed by atoms with van der Waals surface area (Å²) in [4.78, 5) is 28.2. The minimum absolute atomic E-state index is 0.0212. The van der Waals surface area contributed by atoms with E-state index in [0.29, 0.717) is 18.1 Å². The van der Waals surface area contributed by atoms with Gasteiger partial charge in [-0.3, -0.25) is 9.59 Å². The molecule has 0 bridgehead atoms. The second-order valence-electron chi connectivity index (χ2n) is 6.21. The molecule has 0 radical (unpaired) electrons. The maximum atomic E-state index is 12.3. The highest BCUT2D eigenvalue weighted by atomic mass is 35.5. The summed E-state index contributed by atoms with van der Waals surface area (Å²) < 4.78 is 0. The first kappa shape index (κ1) is 17.0. The van der Waals surface area contributed by atoms with E-state index in [2.05, 4.69) is 15.5 Å². The van der Waals surface area contributed by atoms with Crippen LogP contribution in [0.15, 0.2) is 24.3 Å². The molecule has 1 atom stereocenters. The van der Waals surface area contributed by atoms with Gasteiger partial charge in [-0.25, -0.2) is 0 Å². The summed E-state index contributed by atoms with van der Waals surface area (Å²) in [6, 6.07) is 7.61. The summed E-state index contributed by atoms with van der Waals surface area (Å²) in [5.41, 5.74) is 1.08. The maximum absolute atomic E-state index is 12.3. The average molecular weight is 351 g/mol. The third kappa shape index (κ3) is 4.19. The van der Waals surface area contributed by atoms with E-state index in [1.807, 2.05) is 29.2 Å². The molecule has 24 heavy (non-hydrogen) atoms. The summed E-state index contributed by atoms with van der Waals surface area (Å²) >= 11 is 6.03. The molecule has 2 heterocycles. The van der Waals surface area contributed by atoms with Gasteiger partial charge in [-0.2, -0.15) is 0 Å². The molecular formula is C17H23ClN4O2. The Bertz CT molecular complexity index is 596. The maximum Gasteiger partial charge on any atom is 0.242 e. The Morgan fingerprint density at radius 2 is 2.04 bits per heavy atom. The van der Waals surface area contributed by atoms with E-state index in [1.165, 1.54) is 0 Å². The largest absolute Gasteiger partial charge is 0.368 e. The number of nitrogens with one attached hydrogen (secondary N) is 2. The highest BCUT2D eigenvalue weighted by Gasteiger charge is 2.24. The van der Waals surface area contributed by atoms with Gasteiger partial charge in [-0.1, -0.05) is 17.7 Å². The van der Waals surface area contributed by atoms with Gasteiger partial charge in [0.15, 0.2) is 0 Å². The molecule has 1 aromatic rings. The lowest BCUT2D eigenvalue weighted by molar-refractivity contribution is -0.133. The zero-order chi connectivity index (χ0) is 16.9. The van der Waals surface area contributed by atoms with Crippen molar-refractivity contribution in [1.29, 1.82) is 0 Å². The van der Waals surface area contributed by atoms with E-state index < -0.39 is 0 Å². The number of hydrogen-bond acceptors (Lipinski definition) is 4. The van der Waals surface area contributed by atoms with Crippen molar-refractivity contribution in [2.24, 2.45) is 0 Å². The van der Waals surface area contributed by atoms with Crippen LogP contribution in [0.1, 0.15) is 12.8 Å². The van der Waals surface area contributed by atoms with E-state index in [-0.39, 0.29) is 24.4 Å². The molecule has 2 saturated heterocycles. The van der Waals surface area contributed by atoms with Crippen LogP contribution in [0.4, 0.5) is 5.69 Å². The number of rotatable bonds is 4. The smallest absolute Gasteiger partial charge is 0.242 e. The van der Waals surface area contributed by atoms with Gasteiger partial charge in [0.2, 0.25) is 11.8 Å². The quantitative estimate of drug-likeness (QED) is 0.845. The zero-order valence-electron chi connectivity index (χ0n) is 13.6. The Kier molecular flexibility index (Phi) is 5.58. The summed E-state index contributed by atoms with van der Waals surface area (Å²) in [6.45, 7) is 3.80. The van der Waals surface area contributed by atoms with E-state index in [4.69, 9.17) is 11.6 Å². The van der Waals surface area contributed by atoms with Crippen LogP contribution >= 0.6 is 11.6 Å². The molecule has 2 N–H and O–H groups in total. The molecule has 0 aliphatic carbocycles. The van der Waals surface area contributed by atoms with Gasteiger partial charge in [0, 0.05) is 36.9 Å². The fraction of sp³-hybridized carbons (Fsp3) is 0.529. The van der Waals surface area contributed by atoms with Crippen molar-refractivity contribution in [3.8, 4) is 0 Å². The Labute approximate surface area is 147 Å². The lowest BCUT2D eigenvalue weighted by Crippen LogP contribution is -2.52. The van der Waals surface area contributed by atoms with E-state index >= 15 is 0 Å². The number of benzene rings is 1. The molecule has 3 rings (SSSR count). The Morgan fingerprint density at radius 1 is 1.25 bits per heavy atom. The van der Waals surface area contributed by atoms with Gasteiger partial charge in [0.1, 0.15) is 0 Å². The molecule has 1 unspecified atom stereocenters. The normalized spacial score (nSPS) is 21.0.